The summed E-state index contributed by atoms with van der Waals surface area (Å²) in [6.45, 7) is 6.11. The number of carbonyl (C=O) groups is 1. The Morgan fingerprint density at radius 2 is 1.76 bits per heavy atom. The maximum absolute atomic E-state index is 11.5. The number of hydrogen-bond acceptors (Lipinski definition) is 2. The number of hydrogen-bond donors (Lipinski definition) is 1. The number of halogens is 2. The molecule has 0 spiro atoms. The minimum absolute atomic E-state index is 0.149. The minimum atomic E-state index is -1.75. The topological polar surface area (TPSA) is 32.3 Å². The number of nitrogens with zero attached hydrogens (tertiary/aromatic N) is 1. The second kappa shape index (κ2) is 13.5. The fourth-order valence-corrected chi connectivity index (χ4v) is 1.75. The van der Waals surface area contributed by atoms with Gasteiger partial charge in [-0.05, 0) is 25.1 Å². The van der Waals surface area contributed by atoms with Crippen LogP contribution in [0.2, 0.25) is 0 Å². The molecule has 1 fully saturated rings. The van der Waals surface area contributed by atoms with Crippen molar-refractivity contribution in [3.05, 3.63) is 35.9 Å². The molecule has 0 aromatic heterocycles. The lowest BCUT2D eigenvalue weighted by molar-refractivity contribution is -0.121. The minimum Gasteiger partial charge on any atom is -0.352 e. The molecule has 0 atom stereocenters. The number of nitrogens with one attached hydrogen (secondary N) is 1. The Kier molecular flexibility index (Phi) is 12.5. The Balaban J connectivity index is 0.000000713. The Morgan fingerprint density at radius 3 is 2.24 bits per heavy atom. The highest BCUT2D eigenvalue weighted by Gasteiger charge is 2.14. The molecule has 3 nitrogen and oxygen atoms in total. The van der Waals surface area contributed by atoms with E-state index in [1.807, 2.05) is 44.2 Å². The first-order valence-corrected chi connectivity index (χ1v) is 7.41. The van der Waals surface area contributed by atoms with Crippen LogP contribution in [0.5, 0.6) is 0 Å². The fourth-order valence-electron chi connectivity index (χ4n) is 1.75. The molecule has 1 aliphatic rings. The molecule has 0 unspecified atom stereocenters. The summed E-state index contributed by atoms with van der Waals surface area (Å²) < 4.78 is 19.2. The lowest BCUT2D eigenvalue weighted by Crippen LogP contribution is -2.39. The molecule has 0 bridgehead atoms. The van der Waals surface area contributed by atoms with Gasteiger partial charge >= 0.3 is 0 Å². The number of carbonyl (C=O) groups excluding carboxylic acids is 1. The van der Waals surface area contributed by atoms with E-state index in [4.69, 9.17) is 0 Å². The number of likely N-dealkylation sites (tertiary alicyclic amines) is 1. The quantitative estimate of drug-likeness (QED) is 0.905. The second-order valence-corrected chi connectivity index (χ2v) is 4.31. The highest BCUT2D eigenvalue weighted by atomic mass is 19.3. The maximum Gasteiger partial charge on any atom is 0.229 e. The van der Waals surface area contributed by atoms with Crippen LogP contribution in [0.3, 0.4) is 0 Å². The molecule has 21 heavy (non-hydrogen) atoms. The van der Waals surface area contributed by atoms with Crippen LogP contribution in [-0.2, 0) is 11.3 Å². The van der Waals surface area contributed by atoms with Crippen LogP contribution in [0, 0.1) is 0 Å². The van der Waals surface area contributed by atoms with Crippen molar-refractivity contribution in [2.75, 3.05) is 26.6 Å². The molecule has 1 N–H and O–H groups in total. The average molecular weight is 300 g/mol. The van der Waals surface area contributed by atoms with Crippen molar-refractivity contribution in [1.82, 2.24) is 10.2 Å². The van der Waals surface area contributed by atoms with Crippen LogP contribution in [0.25, 0.3) is 0 Å². The zero-order valence-electron chi connectivity index (χ0n) is 12.9. The van der Waals surface area contributed by atoms with Crippen molar-refractivity contribution in [2.24, 2.45) is 0 Å². The zero-order chi connectivity index (χ0) is 15.9. The molecule has 1 amide bonds. The SMILES string of the molecule is CC.FCF.O=C(CCN1CCC1)NCc1ccccc1. The third-order valence-corrected chi connectivity index (χ3v) is 2.94. The van der Waals surface area contributed by atoms with E-state index in [1.54, 1.807) is 0 Å². The van der Waals surface area contributed by atoms with E-state index in [2.05, 4.69) is 10.2 Å². The first-order valence-electron chi connectivity index (χ1n) is 7.41. The molecule has 1 aromatic carbocycles. The normalized spacial score (nSPS) is 13.0. The van der Waals surface area contributed by atoms with E-state index in [-0.39, 0.29) is 5.91 Å². The van der Waals surface area contributed by atoms with Crippen LogP contribution in [0.1, 0.15) is 32.3 Å². The van der Waals surface area contributed by atoms with Gasteiger partial charge in [-0.3, -0.25) is 4.79 Å². The van der Waals surface area contributed by atoms with E-state index in [1.165, 1.54) is 6.42 Å². The van der Waals surface area contributed by atoms with Gasteiger partial charge in [0, 0.05) is 19.5 Å². The Labute approximate surface area is 126 Å². The summed E-state index contributed by atoms with van der Waals surface area (Å²) in [5, 5.41) is 2.94. The third-order valence-electron chi connectivity index (χ3n) is 2.94. The summed E-state index contributed by atoms with van der Waals surface area (Å²) in [4.78, 5) is 13.8. The van der Waals surface area contributed by atoms with Gasteiger partial charge in [-0.25, -0.2) is 8.78 Å². The molecule has 2 rings (SSSR count). The highest BCUT2D eigenvalue weighted by Crippen LogP contribution is 2.05. The van der Waals surface area contributed by atoms with Gasteiger partial charge in [0.2, 0.25) is 12.8 Å². The summed E-state index contributed by atoms with van der Waals surface area (Å²) in [5.74, 6) is 0.149. The van der Waals surface area contributed by atoms with Crippen LogP contribution in [-0.4, -0.2) is 37.4 Å². The van der Waals surface area contributed by atoms with E-state index in [9.17, 15) is 13.6 Å². The fraction of sp³-hybridized carbons (Fsp3) is 0.562. The summed E-state index contributed by atoms with van der Waals surface area (Å²) in [7, 11) is 0. The lowest BCUT2D eigenvalue weighted by Gasteiger charge is -2.30. The Bertz CT molecular complexity index is 357. The highest BCUT2D eigenvalue weighted by molar-refractivity contribution is 5.76. The summed E-state index contributed by atoms with van der Waals surface area (Å²) in [5.41, 5.74) is 1.15. The first kappa shape index (κ1) is 19.5. The molecule has 0 radical (unpaired) electrons. The summed E-state index contributed by atoms with van der Waals surface area (Å²) in [6.07, 6.45) is 1.90. The molecule has 5 heteroatoms. The molecule has 120 valence electrons. The molecule has 1 aliphatic heterocycles. The lowest BCUT2D eigenvalue weighted by atomic mass is 10.2. The Morgan fingerprint density at radius 1 is 1.19 bits per heavy atom. The van der Waals surface area contributed by atoms with Crippen LogP contribution >= 0.6 is 0 Å². The van der Waals surface area contributed by atoms with Crippen molar-refractivity contribution < 1.29 is 13.6 Å². The van der Waals surface area contributed by atoms with E-state index in [0.717, 1.165) is 25.2 Å². The molecule has 0 saturated carbocycles. The van der Waals surface area contributed by atoms with Crippen molar-refractivity contribution in [2.45, 2.75) is 33.2 Å². The zero-order valence-corrected chi connectivity index (χ0v) is 12.9. The molecule has 0 aliphatic carbocycles. The van der Waals surface area contributed by atoms with Gasteiger partial charge < -0.3 is 10.2 Å². The van der Waals surface area contributed by atoms with Crippen molar-refractivity contribution in [3.8, 4) is 0 Å². The van der Waals surface area contributed by atoms with Gasteiger partial charge in [0.05, 0.1) is 0 Å². The van der Waals surface area contributed by atoms with Gasteiger partial charge in [-0.1, -0.05) is 44.2 Å². The third kappa shape index (κ3) is 9.96. The van der Waals surface area contributed by atoms with Crippen LogP contribution < -0.4 is 5.32 Å². The van der Waals surface area contributed by atoms with Crippen molar-refractivity contribution in [1.29, 1.82) is 0 Å². The second-order valence-electron chi connectivity index (χ2n) is 4.31. The Hall–Kier alpha value is -1.49. The predicted octanol–water partition coefficient (Wildman–Crippen LogP) is 3.31. The van der Waals surface area contributed by atoms with Gasteiger partial charge in [-0.2, -0.15) is 0 Å². The molecular formula is C16H26F2N2O. The van der Waals surface area contributed by atoms with Crippen LogP contribution in [0.15, 0.2) is 30.3 Å². The maximum atomic E-state index is 11.5. The van der Waals surface area contributed by atoms with Crippen molar-refractivity contribution >= 4 is 5.91 Å². The van der Waals surface area contributed by atoms with E-state index in [0.29, 0.717) is 13.0 Å². The number of alkyl halides is 2. The summed E-state index contributed by atoms with van der Waals surface area (Å²) in [6, 6.07) is 10.0. The largest absolute Gasteiger partial charge is 0.352 e. The van der Waals surface area contributed by atoms with Gasteiger partial charge in [-0.15, -0.1) is 0 Å². The van der Waals surface area contributed by atoms with Gasteiger partial charge in [0.15, 0.2) is 0 Å². The number of amides is 1. The first-order chi connectivity index (χ1) is 10.3. The molecule has 1 saturated heterocycles. The van der Waals surface area contributed by atoms with E-state index >= 15 is 0 Å². The standard InChI is InChI=1S/C13H18N2O.C2H6.CH2F2/c16-13(7-10-15-8-4-9-15)14-11-12-5-2-1-3-6-12;1-2;2-1-3/h1-3,5-6H,4,7-11H2,(H,14,16);1-2H3;1H2. The summed E-state index contributed by atoms with van der Waals surface area (Å²) >= 11 is 0. The monoisotopic (exact) mass is 300 g/mol. The molecular weight excluding hydrogens is 274 g/mol. The predicted molar refractivity (Wildman–Crippen MR) is 82.4 cm³/mol. The number of rotatable bonds is 5. The van der Waals surface area contributed by atoms with Crippen molar-refractivity contribution in [3.63, 3.8) is 0 Å². The van der Waals surface area contributed by atoms with E-state index < -0.39 is 6.93 Å². The average Bonchev–Trinajstić information content (AvgIpc) is 2.47. The van der Waals surface area contributed by atoms with Crippen LogP contribution in [0.4, 0.5) is 8.78 Å². The molecule has 1 aromatic rings. The van der Waals surface area contributed by atoms with Gasteiger partial charge in [0.1, 0.15) is 0 Å². The van der Waals surface area contributed by atoms with Gasteiger partial charge in [0.25, 0.3) is 0 Å². The molecule has 1 heterocycles. The number of benzene rings is 1. The smallest absolute Gasteiger partial charge is 0.229 e.